The Balaban J connectivity index is 2.18. The minimum atomic E-state index is -0.724. The summed E-state index contributed by atoms with van der Waals surface area (Å²) in [4.78, 5) is 11.6. The van der Waals surface area contributed by atoms with Crippen LogP contribution < -0.4 is 0 Å². The number of nitrogens with zero attached hydrogens (tertiary/aromatic N) is 1. The topological polar surface area (TPSA) is 63.2 Å². The van der Waals surface area contributed by atoms with E-state index in [4.69, 9.17) is 14.4 Å². The van der Waals surface area contributed by atoms with Gasteiger partial charge in [0, 0.05) is 10.9 Å². The first kappa shape index (κ1) is 12.2. The highest BCUT2D eigenvalue weighted by Crippen LogP contribution is 2.22. The second kappa shape index (κ2) is 4.92. The average Bonchev–Trinajstić information content (AvgIpc) is 2.71. The van der Waals surface area contributed by atoms with E-state index in [1.165, 1.54) is 6.92 Å². The van der Waals surface area contributed by atoms with Gasteiger partial charge in [0.05, 0.1) is 12.7 Å². The second-order valence-corrected chi connectivity index (χ2v) is 4.20. The molecule has 1 atom stereocenters. The zero-order valence-corrected chi connectivity index (χ0v) is 10.3. The molecule has 2 aromatic rings. The van der Waals surface area contributed by atoms with Crippen molar-refractivity contribution in [2.45, 2.75) is 26.4 Å². The maximum absolute atomic E-state index is 11.6. The van der Waals surface area contributed by atoms with E-state index in [9.17, 15) is 4.79 Å². The largest absolute Gasteiger partial charge is 0.464 e. The highest BCUT2D eigenvalue weighted by atomic mass is 16.5. The van der Waals surface area contributed by atoms with Crippen molar-refractivity contribution < 1.29 is 13.9 Å². The fourth-order valence-corrected chi connectivity index (χ4v) is 1.75. The maximum Gasteiger partial charge on any atom is 0.311 e. The summed E-state index contributed by atoms with van der Waals surface area (Å²) in [6, 6.07) is 7.66. The molecule has 92 valence electrons. The van der Waals surface area contributed by atoms with Crippen molar-refractivity contribution in [3.63, 3.8) is 0 Å². The number of carbonyl (C=O) groups excluding carboxylic acids is 1. The molecule has 0 radical (unpaired) electrons. The first-order valence-electron chi connectivity index (χ1n) is 5.66. The number of rotatable bonds is 3. The van der Waals surface area contributed by atoms with Gasteiger partial charge in [0.2, 0.25) is 0 Å². The van der Waals surface area contributed by atoms with Gasteiger partial charge in [-0.2, -0.15) is 5.26 Å². The summed E-state index contributed by atoms with van der Waals surface area (Å²) in [7, 11) is 0. The third-order valence-electron chi connectivity index (χ3n) is 2.64. The molecule has 0 bridgehead atoms. The Morgan fingerprint density at radius 1 is 1.56 bits per heavy atom. The maximum atomic E-state index is 11.6. The number of benzene rings is 1. The Morgan fingerprint density at radius 2 is 2.33 bits per heavy atom. The van der Waals surface area contributed by atoms with Gasteiger partial charge in [-0.05, 0) is 25.5 Å². The Bertz CT molecular complexity index is 621. The van der Waals surface area contributed by atoms with Crippen LogP contribution in [0.3, 0.4) is 0 Å². The van der Waals surface area contributed by atoms with E-state index >= 15 is 0 Å². The van der Waals surface area contributed by atoms with Crippen LogP contribution in [0.1, 0.15) is 18.1 Å². The molecule has 0 spiro atoms. The van der Waals surface area contributed by atoms with Gasteiger partial charge in [0.1, 0.15) is 11.7 Å². The minimum absolute atomic E-state index is 0.113. The van der Waals surface area contributed by atoms with E-state index in [0.29, 0.717) is 0 Å². The van der Waals surface area contributed by atoms with E-state index < -0.39 is 12.1 Å². The molecule has 0 amide bonds. The number of aryl methyl sites for hydroxylation is 1. The number of nitriles is 1. The first-order valence-corrected chi connectivity index (χ1v) is 5.66. The molecule has 2 rings (SSSR count). The highest BCUT2D eigenvalue weighted by Gasteiger charge is 2.13. The standard InChI is InChI=1S/C14H13NO3/c1-9-3-4-12-11(8-17-13(12)5-9)6-14(16)18-10(2)7-15/h3-5,8,10H,6H2,1-2H3/t10-/m0/s1. The summed E-state index contributed by atoms with van der Waals surface area (Å²) in [5, 5.41) is 9.47. The number of hydrogen-bond donors (Lipinski definition) is 0. The lowest BCUT2D eigenvalue weighted by Gasteiger charge is -2.04. The van der Waals surface area contributed by atoms with Gasteiger partial charge >= 0.3 is 5.97 Å². The molecular formula is C14H13NO3. The zero-order valence-electron chi connectivity index (χ0n) is 10.3. The van der Waals surface area contributed by atoms with E-state index in [1.54, 1.807) is 6.26 Å². The number of fused-ring (bicyclic) bond motifs is 1. The van der Waals surface area contributed by atoms with Crippen LogP contribution in [0.4, 0.5) is 0 Å². The highest BCUT2D eigenvalue weighted by molar-refractivity contribution is 5.86. The molecule has 0 unspecified atom stereocenters. The van der Waals surface area contributed by atoms with Gasteiger partial charge in [0.25, 0.3) is 0 Å². The van der Waals surface area contributed by atoms with Crippen molar-refractivity contribution in [3.8, 4) is 6.07 Å². The van der Waals surface area contributed by atoms with Gasteiger partial charge in [0.15, 0.2) is 6.10 Å². The molecule has 4 heteroatoms. The van der Waals surface area contributed by atoms with Crippen molar-refractivity contribution in [2.24, 2.45) is 0 Å². The summed E-state index contributed by atoms with van der Waals surface area (Å²) in [5.41, 5.74) is 2.63. The molecular weight excluding hydrogens is 230 g/mol. The third kappa shape index (κ3) is 2.51. The van der Waals surface area contributed by atoms with Gasteiger partial charge < -0.3 is 9.15 Å². The molecule has 4 nitrogen and oxygen atoms in total. The lowest BCUT2D eigenvalue weighted by atomic mass is 10.1. The number of furan rings is 1. The van der Waals surface area contributed by atoms with Crippen LogP contribution in [0.2, 0.25) is 0 Å². The summed E-state index contributed by atoms with van der Waals surface area (Å²) < 4.78 is 10.3. The Morgan fingerprint density at radius 3 is 3.06 bits per heavy atom. The zero-order chi connectivity index (χ0) is 13.1. The number of hydrogen-bond acceptors (Lipinski definition) is 4. The minimum Gasteiger partial charge on any atom is -0.464 e. The molecule has 18 heavy (non-hydrogen) atoms. The number of ether oxygens (including phenoxy) is 1. The molecule has 0 aliphatic heterocycles. The fourth-order valence-electron chi connectivity index (χ4n) is 1.75. The molecule has 1 aromatic carbocycles. The third-order valence-corrected chi connectivity index (χ3v) is 2.64. The monoisotopic (exact) mass is 243 g/mol. The Kier molecular flexibility index (Phi) is 3.33. The van der Waals surface area contributed by atoms with Crippen LogP contribution in [0.25, 0.3) is 11.0 Å². The lowest BCUT2D eigenvalue weighted by molar-refractivity contribution is -0.145. The van der Waals surface area contributed by atoms with Crippen LogP contribution in [-0.2, 0) is 16.0 Å². The average molecular weight is 243 g/mol. The summed E-state index contributed by atoms with van der Waals surface area (Å²) >= 11 is 0. The van der Waals surface area contributed by atoms with E-state index in [1.807, 2.05) is 31.2 Å². The molecule has 1 aromatic heterocycles. The number of carbonyl (C=O) groups is 1. The van der Waals surface area contributed by atoms with Gasteiger partial charge in [-0.1, -0.05) is 12.1 Å². The Labute approximate surface area is 105 Å². The fraction of sp³-hybridized carbons (Fsp3) is 0.286. The predicted molar refractivity (Wildman–Crippen MR) is 65.8 cm³/mol. The van der Waals surface area contributed by atoms with Gasteiger partial charge in [-0.25, -0.2) is 0 Å². The lowest BCUT2D eigenvalue weighted by Crippen LogP contribution is -2.14. The van der Waals surface area contributed by atoms with E-state index in [2.05, 4.69) is 0 Å². The van der Waals surface area contributed by atoms with Crippen molar-refractivity contribution >= 4 is 16.9 Å². The van der Waals surface area contributed by atoms with Gasteiger partial charge in [-0.3, -0.25) is 4.79 Å². The van der Waals surface area contributed by atoms with E-state index in [-0.39, 0.29) is 6.42 Å². The quantitative estimate of drug-likeness (QED) is 0.777. The summed E-state index contributed by atoms with van der Waals surface area (Å²) in [5.74, 6) is -0.424. The van der Waals surface area contributed by atoms with Crippen LogP contribution in [0.5, 0.6) is 0 Å². The van der Waals surface area contributed by atoms with Crippen molar-refractivity contribution in [3.05, 3.63) is 35.6 Å². The molecule has 1 heterocycles. The van der Waals surface area contributed by atoms with E-state index in [0.717, 1.165) is 22.1 Å². The summed E-state index contributed by atoms with van der Waals surface area (Å²) in [6.45, 7) is 3.51. The Hall–Kier alpha value is -2.28. The van der Waals surface area contributed by atoms with Crippen LogP contribution >= 0.6 is 0 Å². The van der Waals surface area contributed by atoms with Gasteiger partial charge in [-0.15, -0.1) is 0 Å². The van der Waals surface area contributed by atoms with Crippen LogP contribution in [0.15, 0.2) is 28.9 Å². The SMILES string of the molecule is Cc1ccc2c(CC(=O)O[C@@H](C)C#N)coc2c1. The molecule has 0 saturated carbocycles. The summed E-state index contributed by atoms with van der Waals surface area (Å²) in [6.07, 6.45) is 0.947. The molecule has 0 saturated heterocycles. The normalized spacial score (nSPS) is 12.1. The second-order valence-electron chi connectivity index (χ2n) is 4.20. The van der Waals surface area contributed by atoms with Crippen molar-refractivity contribution in [1.82, 2.24) is 0 Å². The molecule has 0 aliphatic rings. The molecule has 0 fully saturated rings. The van der Waals surface area contributed by atoms with Crippen LogP contribution in [0, 0.1) is 18.3 Å². The molecule has 0 N–H and O–H groups in total. The van der Waals surface area contributed by atoms with Crippen molar-refractivity contribution in [2.75, 3.05) is 0 Å². The molecule has 0 aliphatic carbocycles. The van der Waals surface area contributed by atoms with Crippen molar-refractivity contribution in [1.29, 1.82) is 5.26 Å². The number of esters is 1. The predicted octanol–water partition coefficient (Wildman–Crippen LogP) is 2.74. The first-order chi connectivity index (χ1) is 8.60. The van der Waals surface area contributed by atoms with Crippen LogP contribution in [-0.4, -0.2) is 12.1 Å². The smallest absolute Gasteiger partial charge is 0.311 e.